The van der Waals surface area contributed by atoms with E-state index in [2.05, 4.69) is 9.97 Å². The van der Waals surface area contributed by atoms with Crippen LogP contribution in [0, 0.1) is 11.3 Å². The molecule has 0 aliphatic heterocycles. The molecule has 0 fully saturated rings. The number of H-pyrrole nitrogens is 1. The molecule has 114 valence electrons. The molecule has 22 heavy (non-hydrogen) atoms. The normalized spacial score (nSPS) is 10.5. The van der Waals surface area contributed by atoms with E-state index in [1.54, 1.807) is 18.4 Å². The summed E-state index contributed by atoms with van der Waals surface area (Å²) in [4.78, 5) is 18.5. The molecule has 0 aliphatic carbocycles. The Morgan fingerprint density at radius 2 is 2.09 bits per heavy atom. The number of ether oxygens (including phenoxy) is 1. The van der Waals surface area contributed by atoms with E-state index >= 15 is 0 Å². The van der Waals surface area contributed by atoms with Gasteiger partial charge in [-0.3, -0.25) is 4.79 Å². The predicted octanol–water partition coefficient (Wildman–Crippen LogP) is 2.67. The third-order valence-electron chi connectivity index (χ3n) is 2.71. The van der Waals surface area contributed by atoms with Gasteiger partial charge in [0, 0.05) is 5.56 Å². The number of benzene rings is 1. The fourth-order valence-electron chi connectivity index (χ4n) is 1.73. The maximum absolute atomic E-state index is 12.1. The largest absolute Gasteiger partial charge is 0.488 e. The molecule has 0 spiro atoms. The Hall–Kier alpha value is -2.40. The van der Waals surface area contributed by atoms with Gasteiger partial charge in [0.2, 0.25) is 0 Å². The molecule has 1 aromatic carbocycles. The molecule has 0 saturated carbocycles. The van der Waals surface area contributed by atoms with E-state index in [4.69, 9.17) is 10.00 Å². The topological polar surface area (TPSA) is 78.8 Å². The maximum atomic E-state index is 12.1. The molecule has 0 amide bonds. The Kier molecular flexibility index (Phi) is 5.12. The van der Waals surface area contributed by atoms with Gasteiger partial charge in [-0.2, -0.15) is 5.26 Å². The first-order chi connectivity index (χ1) is 10.5. The second-order valence-corrected chi connectivity index (χ2v) is 4.93. The first kappa shape index (κ1) is 16.0. The van der Waals surface area contributed by atoms with Crippen molar-refractivity contribution in [3.8, 4) is 23.1 Å². The summed E-state index contributed by atoms with van der Waals surface area (Å²) in [5.41, 5.74) is 0.160. The second-order valence-electron chi connectivity index (χ2n) is 4.14. The van der Waals surface area contributed by atoms with Crippen LogP contribution in [-0.2, 0) is 0 Å². The summed E-state index contributed by atoms with van der Waals surface area (Å²) in [5, 5.41) is 9.49. The molecular weight excluding hydrogens is 312 g/mol. The molecule has 0 saturated heterocycles. The summed E-state index contributed by atoms with van der Waals surface area (Å²) in [6.07, 6.45) is -0.807. The molecular formula is C14H11F2N3O2S. The SMILES string of the molecule is CSc1nc(-c2ccc(OCC(F)F)cc2)c(C#N)c(=O)[nH]1. The van der Waals surface area contributed by atoms with Crippen molar-refractivity contribution in [3.63, 3.8) is 0 Å². The van der Waals surface area contributed by atoms with Crippen LogP contribution in [0.4, 0.5) is 8.78 Å². The highest BCUT2D eigenvalue weighted by atomic mass is 32.2. The first-order valence-electron chi connectivity index (χ1n) is 6.15. The molecule has 2 aromatic rings. The molecule has 0 atom stereocenters. The number of aromatic amines is 1. The van der Waals surface area contributed by atoms with Crippen LogP contribution < -0.4 is 10.3 Å². The number of hydrogen-bond acceptors (Lipinski definition) is 5. The van der Waals surface area contributed by atoms with Gasteiger partial charge in [-0.05, 0) is 30.5 Å². The number of hydrogen-bond donors (Lipinski definition) is 1. The van der Waals surface area contributed by atoms with Crippen LogP contribution in [-0.4, -0.2) is 29.3 Å². The summed E-state index contributed by atoms with van der Waals surface area (Å²) >= 11 is 1.24. The van der Waals surface area contributed by atoms with Crippen molar-refractivity contribution < 1.29 is 13.5 Å². The Labute approximate surface area is 129 Å². The smallest absolute Gasteiger partial charge is 0.272 e. The summed E-state index contributed by atoms with van der Waals surface area (Å²) < 4.78 is 29.0. The zero-order chi connectivity index (χ0) is 16.1. The van der Waals surface area contributed by atoms with Gasteiger partial charge < -0.3 is 9.72 Å². The average molecular weight is 323 g/mol. The molecule has 1 heterocycles. The lowest BCUT2D eigenvalue weighted by Crippen LogP contribution is -2.14. The van der Waals surface area contributed by atoms with Crippen molar-refractivity contribution in [1.82, 2.24) is 9.97 Å². The van der Waals surface area contributed by atoms with E-state index in [9.17, 15) is 13.6 Å². The fraction of sp³-hybridized carbons (Fsp3) is 0.214. The van der Waals surface area contributed by atoms with Crippen LogP contribution in [0.3, 0.4) is 0 Å². The Bertz CT molecular complexity index is 754. The summed E-state index contributed by atoms with van der Waals surface area (Å²) in [6, 6.07) is 7.92. The van der Waals surface area contributed by atoms with Gasteiger partial charge in [0.15, 0.2) is 5.16 Å². The van der Waals surface area contributed by atoms with Gasteiger partial charge in [0.1, 0.15) is 24.0 Å². The summed E-state index contributed by atoms with van der Waals surface area (Å²) in [5.74, 6) is 0.275. The molecule has 0 radical (unpaired) electrons. The van der Waals surface area contributed by atoms with E-state index < -0.39 is 18.6 Å². The number of alkyl halides is 2. The van der Waals surface area contributed by atoms with Crippen molar-refractivity contribution in [2.24, 2.45) is 0 Å². The highest BCUT2D eigenvalue weighted by molar-refractivity contribution is 7.98. The fourth-order valence-corrected chi connectivity index (χ4v) is 2.11. The zero-order valence-electron chi connectivity index (χ0n) is 11.5. The molecule has 0 aliphatic rings. The lowest BCUT2D eigenvalue weighted by Gasteiger charge is -2.08. The van der Waals surface area contributed by atoms with Gasteiger partial charge in [0.25, 0.3) is 12.0 Å². The minimum Gasteiger partial charge on any atom is -0.488 e. The number of nitrogens with zero attached hydrogens (tertiary/aromatic N) is 2. The minimum atomic E-state index is -2.55. The monoisotopic (exact) mass is 323 g/mol. The van der Waals surface area contributed by atoms with Crippen molar-refractivity contribution in [1.29, 1.82) is 5.26 Å². The van der Waals surface area contributed by atoms with Crippen LogP contribution in [0.1, 0.15) is 5.56 Å². The third kappa shape index (κ3) is 3.62. The van der Waals surface area contributed by atoms with E-state index in [0.29, 0.717) is 10.7 Å². The molecule has 0 unspecified atom stereocenters. The van der Waals surface area contributed by atoms with E-state index in [-0.39, 0.29) is 17.0 Å². The Morgan fingerprint density at radius 3 is 2.64 bits per heavy atom. The van der Waals surface area contributed by atoms with Crippen LogP contribution in [0.2, 0.25) is 0 Å². The number of aromatic nitrogens is 2. The number of thioether (sulfide) groups is 1. The predicted molar refractivity (Wildman–Crippen MR) is 78.3 cm³/mol. The van der Waals surface area contributed by atoms with Crippen molar-refractivity contribution >= 4 is 11.8 Å². The molecule has 2 rings (SSSR count). The third-order valence-corrected chi connectivity index (χ3v) is 3.29. The molecule has 5 nitrogen and oxygen atoms in total. The van der Waals surface area contributed by atoms with Gasteiger partial charge in [-0.1, -0.05) is 11.8 Å². The molecule has 1 aromatic heterocycles. The van der Waals surface area contributed by atoms with Crippen LogP contribution in [0.25, 0.3) is 11.3 Å². The highest BCUT2D eigenvalue weighted by Gasteiger charge is 2.13. The van der Waals surface area contributed by atoms with Gasteiger partial charge >= 0.3 is 0 Å². The lowest BCUT2D eigenvalue weighted by atomic mass is 10.1. The van der Waals surface area contributed by atoms with Crippen molar-refractivity contribution in [2.75, 3.05) is 12.9 Å². The average Bonchev–Trinajstić information content (AvgIpc) is 2.52. The number of rotatable bonds is 5. The van der Waals surface area contributed by atoms with E-state index in [1.807, 2.05) is 6.07 Å². The van der Waals surface area contributed by atoms with Crippen molar-refractivity contribution in [3.05, 3.63) is 40.2 Å². The van der Waals surface area contributed by atoms with E-state index in [0.717, 1.165) is 0 Å². The first-order valence-corrected chi connectivity index (χ1v) is 7.37. The minimum absolute atomic E-state index is 0.0981. The van der Waals surface area contributed by atoms with Crippen LogP contribution in [0.15, 0.2) is 34.2 Å². The number of halogens is 2. The highest BCUT2D eigenvalue weighted by Crippen LogP contribution is 2.23. The Morgan fingerprint density at radius 1 is 1.41 bits per heavy atom. The van der Waals surface area contributed by atoms with Gasteiger partial charge in [-0.25, -0.2) is 13.8 Å². The summed E-state index contributed by atoms with van der Waals surface area (Å²) in [7, 11) is 0. The maximum Gasteiger partial charge on any atom is 0.272 e. The Balaban J connectivity index is 2.38. The van der Waals surface area contributed by atoms with Crippen LogP contribution >= 0.6 is 11.8 Å². The van der Waals surface area contributed by atoms with Crippen molar-refractivity contribution in [2.45, 2.75) is 11.6 Å². The molecule has 0 bridgehead atoms. The quantitative estimate of drug-likeness (QED) is 0.676. The second kappa shape index (κ2) is 7.04. The van der Waals surface area contributed by atoms with E-state index in [1.165, 1.54) is 23.9 Å². The zero-order valence-corrected chi connectivity index (χ0v) is 12.3. The molecule has 8 heteroatoms. The van der Waals surface area contributed by atoms with Crippen LogP contribution in [0.5, 0.6) is 5.75 Å². The van der Waals surface area contributed by atoms with Gasteiger partial charge in [0.05, 0.1) is 5.69 Å². The summed E-state index contributed by atoms with van der Waals surface area (Å²) in [6.45, 7) is -0.692. The van der Waals surface area contributed by atoms with Gasteiger partial charge in [-0.15, -0.1) is 0 Å². The molecule has 1 N–H and O–H groups in total. The number of nitrogens with one attached hydrogen (secondary N) is 1. The number of nitriles is 1. The lowest BCUT2D eigenvalue weighted by molar-refractivity contribution is 0.0819. The standard InChI is InChI=1S/C14H11F2N3O2S/c1-22-14-18-12(10(6-17)13(20)19-14)8-2-4-9(5-3-8)21-7-11(15)16/h2-5,11H,7H2,1H3,(H,18,19,20).